The minimum Gasteiger partial charge on any atom is -0.464 e. The van der Waals surface area contributed by atoms with Crippen molar-refractivity contribution in [3.8, 4) is 0 Å². The SMILES string of the molecule is NC(Cn1ncc2ccc3occc3c21)C(F)(F)F. The van der Waals surface area contributed by atoms with Crippen LogP contribution in [0.1, 0.15) is 0 Å². The molecule has 0 radical (unpaired) electrons. The first-order valence-corrected chi connectivity index (χ1v) is 5.61. The third-order valence-corrected chi connectivity index (χ3v) is 3.02. The minimum atomic E-state index is -4.44. The zero-order valence-electron chi connectivity index (χ0n) is 9.69. The molecule has 2 heterocycles. The number of nitrogens with two attached hydrogens (primary N) is 1. The van der Waals surface area contributed by atoms with Crippen LogP contribution in [0.25, 0.3) is 21.9 Å². The minimum absolute atomic E-state index is 0.419. The van der Waals surface area contributed by atoms with E-state index in [2.05, 4.69) is 5.10 Å². The van der Waals surface area contributed by atoms with E-state index >= 15 is 0 Å². The third kappa shape index (κ3) is 1.95. The molecule has 2 N–H and O–H groups in total. The van der Waals surface area contributed by atoms with Crippen molar-refractivity contribution in [2.75, 3.05) is 0 Å². The maximum atomic E-state index is 12.5. The zero-order chi connectivity index (χ0) is 13.6. The summed E-state index contributed by atoms with van der Waals surface area (Å²) in [5, 5.41) is 5.45. The largest absolute Gasteiger partial charge is 0.464 e. The molecule has 0 aliphatic heterocycles. The number of alkyl halides is 3. The Labute approximate surface area is 105 Å². The first kappa shape index (κ1) is 12.0. The normalized spacial score (nSPS) is 14.3. The molecule has 0 spiro atoms. The number of benzene rings is 1. The van der Waals surface area contributed by atoms with Crippen molar-refractivity contribution in [3.63, 3.8) is 0 Å². The van der Waals surface area contributed by atoms with Gasteiger partial charge in [0.2, 0.25) is 0 Å². The van der Waals surface area contributed by atoms with Crippen molar-refractivity contribution in [1.82, 2.24) is 9.78 Å². The third-order valence-electron chi connectivity index (χ3n) is 3.02. The molecule has 3 rings (SSSR count). The predicted molar refractivity (Wildman–Crippen MR) is 63.5 cm³/mol. The topological polar surface area (TPSA) is 57.0 Å². The molecule has 4 nitrogen and oxygen atoms in total. The fourth-order valence-electron chi connectivity index (χ4n) is 2.06. The highest BCUT2D eigenvalue weighted by atomic mass is 19.4. The lowest BCUT2D eigenvalue weighted by molar-refractivity contribution is -0.150. The number of rotatable bonds is 2. The smallest absolute Gasteiger partial charge is 0.405 e. The quantitative estimate of drug-likeness (QED) is 0.778. The lowest BCUT2D eigenvalue weighted by atomic mass is 10.2. The Bertz CT molecular complexity index is 729. The van der Waals surface area contributed by atoms with Gasteiger partial charge in [0.15, 0.2) is 0 Å². The molecule has 1 aromatic carbocycles. The summed E-state index contributed by atoms with van der Waals surface area (Å²) in [7, 11) is 0. The first-order chi connectivity index (χ1) is 8.97. The molecule has 0 amide bonds. The summed E-state index contributed by atoms with van der Waals surface area (Å²) in [6.45, 7) is -0.419. The molecule has 0 aliphatic rings. The van der Waals surface area contributed by atoms with Gasteiger partial charge in [-0.15, -0.1) is 0 Å². The number of hydrogen-bond acceptors (Lipinski definition) is 3. The summed E-state index contributed by atoms with van der Waals surface area (Å²) in [5.41, 5.74) is 6.35. The standard InChI is InChI=1S/C12H10F3N3O/c13-12(14,15)10(16)6-18-11-7(5-17-18)1-2-9-8(11)3-4-19-9/h1-5,10H,6,16H2. The first-order valence-electron chi connectivity index (χ1n) is 5.61. The van der Waals surface area contributed by atoms with Gasteiger partial charge >= 0.3 is 6.18 Å². The van der Waals surface area contributed by atoms with Gasteiger partial charge in [-0.25, -0.2) is 0 Å². The number of aromatic nitrogens is 2. The average molecular weight is 269 g/mol. The van der Waals surface area contributed by atoms with E-state index < -0.39 is 18.8 Å². The van der Waals surface area contributed by atoms with Crippen molar-refractivity contribution in [2.24, 2.45) is 5.73 Å². The van der Waals surface area contributed by atoms with Crippen molar-refractivity contribution in [3.05, 3.63) is 30.7 Å². The predicted octanol–water partition coefficient (Wildman–Crippen LogP) is 2.67. The van der Waals surface area contributed by atoms with Crippen LogP contribution in [0, 0.1) is 0 Å². The molecular weight excluding hydrogens is 259 g/mol. The molecule has 1 unspecified atom stereocenters. The Morgan fingerprint density at radius 3 is 2.84 bits per heavy atom. The second-order valence-electron chi connectivity index (χ2n) is 4.31. The molecule has 0 saturated carbocycles. The average Bonchev–Trinajstić information content (AvgIpc) is 2.92. The molecular formula is C12H10F3N3O. The van der Waals surface area contributed by atoms with Crippen LogP contribution in [0.5, 0.6) is 0 Å². The van der Waals surface area contributed by atoms with Gasteiger partial charge in [-0.05, 0) is 18.2 Å². The number of fused-ring (bicyclic) bond motifs is 3. The van der Waals surface area contributed by atoms with Gasteiger partial charge in [0, 0.05) is 10.8 Å². The highest BCUT2D eigenvalue weighted by molar-refractivity contribution is 6.03. The molecule has 100 valence electrons. The molecule has 19 heavy (non-hydrogen) atoms. The number of hydrogen-bond donors (Lipinski definition) is 1. The van der Waals surface area contributed by atoms with E-state index in [1.807, 2.05) is 0 Å². The number of furan rings is 1. The zero-order valence-corrected chi connectivity index (χ0v) is 9.69. The molecule has 0 bridgehead atoms. The molecule has 3 aromatic rings. The van der Waals surface area contributed by atoms with E-state index in [-0.39, 0.29) is 0 Å². The van der Waals surface area contributed by atoms with Gasteiger partial charge in [-0.2, -0.15) is 18.3 Å². The van der Waals surface area contributed by atoms with Crippen LogP contribution in [0.3, 0.4) is 0 Å². The number of nitrogens with zero attached hydrogens (tertiary/aromatic N) is 2. The van der Waals surface area contributed by atoms with Crippen LogP contribution in [-0.4, -0.2) is 22.0 Å². The van der Waals surface area contributed by atoms with Gasteiger partial charge in [0.1, 0.15) is 11.6 Å². The number of halogens is 3. The Morgan fingerprint density at radius 2 is 2.11 bits per heavy atom. The maximum absolute atomic E-state index is 12.5. The van der Waals surface area contributed by atoms with Gasteiger partial charge in [0.25, 0.3) is 0 Å². The molecule has 0 aliphatic carbocycles. The molecule has 0 fully saturated rings. The lowest BCUT2D eigenvalue weighted by Gasteiger charge is -2.15. The summed E-state index contributed by atoms with van der Waals surface area (Å²) >= 11 is 0. The van der Waals surface area contributed by atoms with E-state index in [1.54, 1.807) is 18.2 Å². The summed E-state index contributed by atoms with van der Waals surface area (Å²) in [6.07, 6.45) is -1.43. The summed E-state index contributed by atoms with van der Waals surface area (Å²) in [6, 6.07) is 3.27. The fourth-order valence-corrected chi connectivity index (χ4v) is 2.06. The van der Waals surface area contributed by atoms with Crippen LogP contribution in [0.15, 0.2) is 35.1 Å². The highest BCUT2D eigenvalue weighted by Crippen LogP contribution is 2.27. The van der Waals surface area contributed by atoms with Crippen LogP contribution in [-0.2, 0) is 6.54 Å². The van der Waals surface area contributed by atoms with Gasteiger partial charge in [0.05, 0.1) is 24.5 Å². The maximum Gasteiger partial charge on any atom is 0.405 e. The van der Waals surface area contributed by atoms with Crippen LogP contribution in [0.2, 0.25) is 0 Å². The van der Waals surface area contributed by atoms with E-state index in [9.17, 15) is 13.2 Å². The summed E-state index contributed by atoms with van der Waals surface area (Å²) in [4.78, 5) is 0. The molecule has 2 aromatic heterocycles. The highest BCUT2D eigenvalue weighted by Gasteiger charge is 2.37. The van der Waals surface area contributed by atoms with Crippen molar-refractivity contribution < 1.29 is 17.6 Å². The van der Waals surface area contributed by atoms with Gasteiger partial charge < -0.3 is 10.2 Å². The Morgan fingerprint density at radius 1 is 1.32 bits per heavy atom. The van der Waals surface area contributed by atoms with E-state index in [1.165, 1.54) is 17.1 Å². The van der Waals surface area contributed by atoms with E-state index in [4.69, 9.17) is 10.2 Å². The second-order valence-corrected chi connectivity index (χ2v) is 4.31. The van der Waals surface area contributed by atoms with Crippen molar-refractivity contribution >= 4 is 21.9 Å². The van der Waals surface area contributed by atoms with Crippen molar-refractivity contribution in [2.45, 2.75) is 18.8 Å². The fraction of sp³-hybridized carbons (Fsp3) is 0.250. The molecule has 0 saturated heterocycles. The second kappa shape index (κ2) is 3.99. The molecule has 1 atom stereocenters. The van der Waals surface area contributed by atoms with Crippen LogP contribution < -0.4 is 5.73 Å². The van der Waals surface area contributed by atoms with Gasteiger partial charge in [-0.3, -0.25) is 4.68 Å². The lowest BCUT2D eigenvalue weighted by Crippen LogP contribution is -2.41. The van der Waals surface area contributed by atoms with Crippen molar-refractivity contribution in [1.29, 1.82) is 0 Å². The van der Waals surface area contributed by atoms with Crippen LogP contribution in [0.4, 0.5) is 13.2 Å². The van der Waals surface area contributed by atoms with Crippen LogP contribution >= 0.6 is 0 Å². The Hall–Kier alpha value is -2.02. The summed E-state index contributed by atoms with van der Waals surface area (Å²) < 4.78 is 44.0. The summed E-state index contributed by atoms with van der Waals surface area (Å²) in [5.74, 6) is 0. The Balaban J connectivity index is 2.11. The van der Waals surface area contributed by atoms with E-state index in [0.29, 0.717) is 11.1 Å². The van der Waals surface area contributed by atoms with Gasteiger partial charge in [-0.1, -0.05) is 0 Å². The monoisotopic (exact) mass is 269 g/mol. The Kier molecular flexibility index (Phi) is 2.53. The van der Waals surface area contributed by atoms with E-state index in [0.717, 1.165) is 10.8 Å². The molecule has 7 heteroatoms.